The van der Waals surface area contributed by atoms with E-state index in [-0.39, 0.29) is 0 Å². The number of halogens is 3. The minimum atomic E-state index is 0.869. The second kappa shape index (κ2) is 6.98. The fourth-order valence-corrected chi connectivity index (χ4v) is 3.52. The van der Waals surface area contributed by atoms with Crippen molar-refractivity contribution < 1.29 is 0 Å². The van der Waals surface area contributed by atoms with Gasteiger partial charge in [-0.2, -0.15) is 0 Å². The van der Waals surface area contributed by atoms with E-state index in [9.17, 15) is 0 Å². The lowest BCUT2D eigenvalue weighted by Gasteiger charge is -2.11. The Morgan fingerprint density at radius 3 is 1.44 bits per heavy atom. The summed E-state index contributed by atoms with van der Waals surface area (Å²) >= 11 is 10.5. The van der Waals surface area contributed by atoms with E-state index < -0.39 is 0 Å². The van der Waals surface area contributed by atoms with Gasteiger partial charge < -0.3 is 0 Å². The van der Waals surface area contributed by atoms with Crippen molar-refractivity contribution in [2.45, 2.75) is 0 Å². The molecule has 0 saturated carbocycles. The van der Waals surface area contributed by atoms with E-state index >= 15 is 0 Å². The highest BCUT2D eigenvalue weighted by atomic mass is 79.9. The van der Waals surface area contributed by atoms with Gasteiger partial charge in [0.2, 0.25) is 0 Å². The summed E-state index contributed by atoms with van der Waals surface area (Å²) in [5.41, 5.74) is 5.58. The molecule has 0 saturated heterocycles. The molecule has 3 aromatic carbocycles. The molecule has 0 bridgehead atoms. The number of benzene rings is 3. The molecular formula is C20H11Br3N2. The second-order valence-electron chi connectivity index (χ2n) is 5.57. The van der Waals surface area contributed by atoms with Crippen LogP contribution in [0.5, 0.6) is 0 Å². The van der Waals surface area contributed by atoms with Crippen LogP contribution in [0.25, 0.3) is 33.5 Å². The van der Waals surface area contributed by atoms with Gasteiger partial charge in [0.25, 0.3) is 0 Å². The first-order chi connectivity index (χ1) is 12.1. The molecule has 0 amide bonds. The minimum Gasteiger partial charge on any atom is -0.244 e. The van der Waals surface area contributed by atoms with Gasteiger partial charge in [0.15, 0.2) is 0 Å². The molecule has 0 fully saturated rings. The molecule has 1 aromatic heterocycles. The Morgan fingerprint density at radius 1 is 0.480 bits per heavy atom. The number of aromatic nitrogens is 2. The molecule has 0 N–H and O–H groups in total. The summed E-state index contributed by atoms with van der Waals surface area (Å²) in [5, 5.41) is 0. The zero-order valence-corrected chi connectivity index (χ0v) is 17.6. The zero-order chi connectivity index (χ0) is 17.4. The van der Waals surface area contributed by atoms with Gasteiger partial charge in [-0.3, -0.25) is 0 Å². The van der Waals surface area contributed by atoms with Crippen LogP contribution in [0.3, 0.4) is 0 Å². The highest BCUT2D eigenvalue weighted by Crippen LogP contribution is 2.32. The topological polar surface area (TPSA) is 25.8 Å². The first-order valence-electron chi connectivity index (χ1n) is 7.59. The lowest BCUT2D eigenvalue weighted by Crippen LogP contribution is -1.95. The lowest BCUT2D eigenvalue weighted by atomic mass is 10.0. The highest BCUT2D eigenvalue weighted by molar-refractivity contribution is 9.11. The van der Waals surface area contributed by atoms with E-state index in [2.05, 4.69) is 72.1 Å². The zero-order valence-electron chi connectivity index (χ0n) is 12.9. The van der Waals surface area contributed by atoms with Gasteiger partial charge >= 0.3 is 0 Å². The fourth-order valence-electron chi connectivity index (χ4n) is 2.65. The van der Waals surface area contributed by atoms with Gasteiger partial charge in [-0.25, -0.2) is 9.97 Å². The molecule has 0 unspecified atom stereocenters. The van der Waals surface area contributed by atoms with Crippen LogP contribution in [0.15, 0.2) is 80.1 Å². The van der Waals surface area contributed by atoms with Gasteiger partial charge in [-0.15, -0.1) is 0 Å². The number of nitrogens with zero attached hydrogens (tertiary/aromatic N) is 2. The maximum atomic E-state index is 4.92. The molecule has 4 aromatic rings. The fraction of sp³-hybridized carbons (Fsp3) is 0. The lowest BCUT2D eigenvalue weighted by molar-refractivity contribution is 1.29. The maximum absolute atomic E-state index is 4.92. The van der Waals surface area contributed by atoms with Crippen LogP contribution in [0.1, 0.15) is 0 Å². The van der Waals surface area contributed by atoms with Crippen LogP contribution in [0.2, 0.25) is 0 Å². The van der Waals surface area contributed by atoms with Gasteiger partial charge in [-0.05, 0) is 42.5 Å². The first-order valence-corrected chi connectivity index (χ1v) is 9.97. The van der Waals surface area contributed by atoms with Gasteiger partial charge in [0, 0.05) is 24.5 Å². The largest absolute Gasteiger partial charge is 0.244 e. The monoisotopic (exact) mass is 516 g/mol. The summed E-state index contributed by atoms with van der Waals surface area (Å²) < 4.78 is 3.07. The van der Waals surface area contributed by atoms with Crippen molar-refractivity contribution in [3.8, 4) is 22.5 Å². The van der Waals surface area contributed by atoms with Gasteiger partial charge in [0.1, 0.15) is 0 Å². The van der Waals surface area contributed by atoms with Crippen molar-refractivity contribution >= 4 is 58.8 Å². The van der Waals surface area contributed by atoms with E-state index in [0.29, 0.717) is 0 Å². The SMILES string of the molecule is Brc1ccc(-c2nc3ccc(Br)cc3nc2-c2ccc(Br)cc2)cc1. The maximum Gasteiger partial charge on any atom is 0.0973 e. The first kappa shape index (κ1) is 16.9. The molecule has 25 heavy (non-hydrogen) atoms. The van der Waals surface area contributed by atoms with Crippen LogP contribution in [-0.4, -0.2) is 9.97 Å². The predicted molar refractivity (Wildman–Crippen MR) is 114 cm³/mol. The summed E-state index contributed by atoms with van der Waals surface area (Å²) in [6.45, 7) is 0. The standard InChI is InChI=1S/C20H11Br3N2/c21-14-5-1-12(2-6-14)19-20(13-3-7-15(22)8-4-13)25-18-11-16(23)9-10-17(18)24-19/h1-11H. The molecule has 0 spiro atoms. The van der Waals surface area contributed by atoms with E-state index in [4.69, 9.17) is 9.97 Å². The number of fused-ring (bicyclic) bond motifs is 1. The Labute approximate surface area is 170 Å². The number of rotatable bonds is 2. The van der Waals surface area contributed by atoms with Crippen LogP contribution in [-0.2, 0) is 0 Å². The summed E-state index contributed by atoms with van der Waals surface area (Å²) in [6.07, 6.45) is 0. The molecule has 1 heterocycles. The Morgan fingerprint density at radius 2 is 0.920 bits per heavy atom. The number of hydrogen-bond acceptors (Lipinski definition) is 2. The van der Waals surface area contributed by atoms with E-state index in [1.165, 1.54) is 0 Å². The smallest absolute Gasteiger partial charge is 0.0973 e. The molecule has 0 aliphatic rings. The third-order valence-electron chi connectivity index (χ3n) is 3.86. The average molecular weight is 519 g/mol. The molecule has 5 heteroatoms. The van der Waals surface area contributed by atoms with Gasteiger partial charge in [-0.1, -0.05) is 72.1 Å². The van der Waals surface area contributed by atoms with Crippen molar-refractivity contribution in [2.24, 2.45) is 0 Å². The molecule has 0 atom stereocenters. The van der Waals surface area contributed by atoms with Crippen LogP contribution < -0.4 is 0 Å². The van der Waals surface area contributed by atoms with Crippen LogP contribution >= 0.6 is 47.8 Å². The molecule has 122 valence electrons. The van der Waals surface area contributed by atoms with Crippen molar-refractivity contribution in [3.63, 3.8) is 0 Å². The Balaban J connectivity index is 2.01. The summed E-state index contributed by atoms with van der Waals surface area (Å²) in [5.74, 6) is 0. The van der Waals surface area contributed by atoms with Gasteiger partial charge in [0.05, 0.1) is 22.4 Å². The molecular weight excluding hydrogens is 508 g/mol. The second-order valence-corrected chi connectivity index (χ2v) is 8.31. The average Bonchev–Trinajstić information content (AvgIpc) is 2.62. The quantitative estimate of drug-likeness (QED) is 0.279. The third kappa shape index (κ3) is 3.54. The Hall–Kier alpha value is -1.56. The van der Waals surface area contributed by atoms with Crippen molar-refractivity contribution in [1.82, 2.24) is 9.97 Å². The van der Waals surface area contributed by atoms with E-state index in [1.807, 2.05) is 42.5 Å². The Kier molecular flexibility index (Phi) is 4.71. The normalized spacial score (nSPS) is 11.0. The van der Waals surface area contributed by atoms with Crippen LogP contribution in [0, 0.1) is 0 Å². The summed E-state index contributed by atoms with van der Waals surface area (Å²) in [7, 11) is 0. The molecule has 0 aliphatic heterocycles. The van der Waals surface area contributed by atoms with Crippen molar-refractivity contribution in [3.05, 3.63) is 80.1 Å². The molecule has 4 rings (SSSR count). The summed E-state index contributed by atoms with van der Waals surface area (Å²) in [6, 6.07) is 22.3. The number of hydrogen-bond donors (Lipinski definition) is 0. The van der Waals surface area contributed by atoms with E-state index in [0.717, 1.165) is 47.0 Å². The molecule has 0 aliphatic carbocycles. The predicted octanol–water partition coefficient (Wildman–Crippen LogP) is 7.25. The third-order valence-corrected chi connectivity index (χ3v) is 5.41. The van der Waals surface area contributed by atoms with Crippen molar-refractivity contribution in [1.29, 1.82) is 0 Å². The van der Waals surface area contributed by atoms with Crippen molar-refractivity contribution in [2.75, 3.05) is 0 Å². The molecule has 0 radical (unpaired) electrons. The van der Waals surface area contributed by atoms with E-state index in [1.54, 1.807) is 0 Å². The summed E-state index contributed by atoms with van der Waals surface area (Å²) in [4.78, 5) is 9.82. The minimum absolute atomic E-state index is 0.869. The molecule has 2 nitrogen and oxygen atoms in total. The Bertz CT molecular complexity index is 1060. The van der Waals surface area contributed by atoms with Crippen LogP contribution in [0.4, 0.5) is 0 Å². The highest BCUT2D eigenvalue weighted by Gasteiger charge is 2.13.